The van der Waals surface area contributed by atoms with Gasteiger partial charge in [-0.1, -0.05) is 212 Å². The van der Waals surface area contributed by atoms with Crippen molar-refractivity contribution in [3.05, 3.63) is 261 Å². The van der Waals surface area contributed by atoms with Gasteiger partial charge in [-0.25, -0.2) is 0 Å². The molecule has 0 radical (unpaired) electrons. The van der Waals surface area contributed by atoms with Gasteiger partial charge in [0.1, 0.15) is 0 Å². The molecule has 12 rings (SSSR count). The van der Waals surface area contributed by atoms with Crippen LogP contribution in [0.4, 0.5) is 17.1 Å². The molecule has 65 heavy (non-hydrogen) atoms. The van der Waals surface area contributed by atoms with Gasteiger partial charge in [0.05, 0.1) is 0 Å². The highest BCUT2D eigenvalue weighted by atomic mass is 15.1. The van der Waals surface area contributed by atoms with Crippen molar-refractivity contribution in [1.29, 1.82) is 0 Å². The van der Waals surface area contributed by atoms with Crippen molar-refractivity contribution in [2.45, 2.75) is 0 Å². The first-order chi connectivity index (χ1) is 32.2. The van der Waals surface area contributed by atoms with Crippen LogP contribution in [0.25, 0.3) is 98.7 Å². The Balaban J connectivity index is 1.01. The normalized spacial score (nSPS) is 11.4. The molecule has 0 saturated heterocycles. The lowest BCUT2D eigenvalue weighted by Gasteiger charge is -2.27. The lowest BCUT2D eigenvalue weighted by Crippen LogP contribution is -2.10. The van der Waals surface area contributed by atoms with E-state index in [9.17, 15) is 0 Å². The molecule has 1 heteroatoms. The summed E-state index contributed by atoms with van der Waals surface area (Å²) in [5, 5.41) is 9.86. The van der Waals surface area contributed by atoms with Gasteiger partial charge >= 0.3 is 0 Å². The first kappa shape index (κ1) is 38.2. The molecule has 0 N–H and O–H groups in total. The van der Waals surface area contributed by atoms with E-state index in [1.807, 2.05) is 0 Å². The minimum atomic E-state index is 1.09. The van der Waals surface area contributed by atoms with Crippen molar-refractivity contribution < 1.29 is 0 Å². The van der Waals surface area contributed by atoms with Gasteiger partial charge in [-0.05, 0) is 147 Å². The monoisotopic (exact) mass is 825 g/mol. The SMILES string of the molecule is c1ccc(-c2ccc3cc(N(c4ccc(-c5ccc(-c6ccc7ccccc7c6)cc5)cc4)c4ccc5c(c4)c(-c4ccccc4)c(-c4ccccc4)c4ccccc45)ccc3c2)cc1. The molecule has 0 fully saturated rings. The average molecular weight is 826 g/mol. The van der Waals surface area contributed by atoms with Crippen LogP contribution in [0.15, 0.2) is 261 Å². The summed E-state index contributed by atoms with van der Waals surface area (Å²) in [5.74, 6) is 0. The molecule has 0 atom stereocenters. The van der Waals surface area contributed by atoms with E-state index in [-0.39, 0.29) is 0 Å². The summed E-state index contributed by atoms with van der Waals surface area (Å²) in [6.45, 7) is 0. The Morgan fingerprint density at radius 3 is 1.20 bits per heavy atom. The molecule has 0 amide bonds. The van der Waals surface area contributed by atoms with Crippen molar-refractivity contribution in [1.82, 2.24) is 0 Å². The lowest BCUT2D eigenvalue weighted by atomic mass is 9.85. The van der Waals surface area contributed by atoms with Crippen LogP contribution in [-0.2, 0) is 0 Å². The third-order valence-electron chi connectivity index (χ3n) is 13.0. The van der Waals surface area contributed by atoms with Crippen molar-refractivity contribution >= 4 is 60.2 Å². The van der Waals surface area contributed by atoms with Gasteiger partial charge < -0.3 is 4.90 Å². The molecule has 12 aromatic rings. The minimum absolute atomic E-state index is 1.09. The van der Waals surface area contributed by atoms with Crippen LogP contribution in [-0.4, -0.2) is 0 Å². The number of anilines is 3. The van der Waals surface area contributed by atoms with Gasteiger partial charge in [-0.15, -0.1) is 0 Å². The second-order valence-electron chi connectivity index (χ2n) is 16.9. The lowest BCUT2D eigenvalue weighted by molar-refractivity contribution is 1.29. The fraction of sp³-hybridized carbons (Fsp3) is 0. The first-order valence-electron chi connectivity index (χ1n) is 22.4. The molecule has 0 unspecified atom stereocenters. The van der Waals surface area contributed by atoms with E-state index in [2.05, 4.69) is 266 Å². The van der Waals surface area contributed by atoms with Crippen LogP contribution < -0.4 is 4.90 Å². The van der Waals surface area contributed by atoms with Gasteiger partial charge in [0, 0.05) is 17.1 Å². The highest BCUT2D eigenvalue weighted by Gasteiger charge is 2.21. The smallest absolute Gasteiger partial charge is 0.0468 e. The maximum absolute atomic E-state index is 2.42. The fourth-order valence-electron chi connectivity index (χ4n) is 9.78. The molecule has 0 aliphatic heterocycles. The Morgan fingerprint density at radius 2 is 0.554 bits per heavy atom. The third-order valence-corrected chi connectivity index (χ3v) is 13.0. The van der Waals surface area contributed by atoms with E-state index >= 15 is 0 Å². The molecule has 0 aromatic heterocycles. The molecule has 0 bridgehead atoms. The summed E-state index contributed by atoms with van der Waals surface area (Å²) in [7, 11) is 0. The Labute approximate surface area is 379 Å². The zero-order valence-electron chi connectivity index (χ0n) is 35.8. The molecule has 0 saturated carbocycles. The molecule has 0 aliphatic rings. The zero-order valence-corrected chi connectivity index (χ0v) is 35.8. The molecule has 304 valence electrons. The Kier molecular flexibility index (Phi) is 9.58. The summed E-state index contributed by atoms with van der Waals surface area (Å²) in [4.78, 5) is 2.42. The van der Waals surface area contributed by atoms with Gasteiger partial charge in [-0.3, -0.25) is 0 Å². The third kappa shape index (κ3) is 7.10. The molecule has 0 heterocycles. The van der Waals surface area contributed by atoms with Crippen molar-refractivity contribution in [3.8, 4) is 55.6 Å². The number of hydrogen-bond donors (Lipinski definition) is 0. The van der Waals surface area contributed by atoms with Crippen molar-refractivity contribution in [2.75, 3.05) is 4.90 Å². The van der Waals surface area contributed by atoms with E-state index < -0.39 is 0 Å². The van der Waals surface area contributed by atoms with Crippen LogP contribution in [0, 0.1) is 0 Å². The topological polar surface area (TPSA) is 3.24 Å². The maximum Gasteiger partial charge on any atom is 0.0468 e. The molecule has 0 spiro atoms. The summed E-state index contributed by atoms with van der Waals surface area (Å²) in [6, 6.07) is 95.3. The molecular formula is C64H43N. The largest absolute Gasteiger partial charge is 0.310 e. The van der Waals surface area contributed by atoms with Gasteiger partial charge in [0.25, 0.3) is 0 Å². The second-order valence-corrected chi connectivity index (χ2v) is 16.9. The van der Waals surface area contributed by atoms with Gasteiger partial charge in [0.2, 0.25) is 0 Å². The summed E-state index contributed by atoms with van der Waals surface area (Å²) >= 11 is 0. The fourth-order valence-corrected chi connectivity index (χ4v) is 9.78. The van der Waals surface area contributed by atoms with Crippen LogP contribution >= 0.6 is 0 Å². The van der Waals surface area contributed by atoms with E-state index in [0.717, 1.165) is 17.1 Å². The van der Waals surface area contributed by atoms with Crippen molar-refractivity contribution in [3.63, 3.8) is 0 Å². The highest BCUT2D eigenvalue weighted by molar-refractivity contribution is 6.22. The predicted molar refractivity (Wildman–Crippen MR) is 278 cm³/mol. The summed E-state index contributed by atoms with van der Waals surface area (Å²) in [5.41, 5.74) is 15.4. The molecular weight excluding hydrogens is 783 g/mol. The minimum Gasteiger partial charge on any atom is -0.310 e. The van der Waals surface area contributed by atoms with Crippen LogP contribution in [0.5, 0.6) is 0 Å². The number of nitrogens with zero attached hydrogens (tertiary/aromatic N) is 1. The van der Waals surface area contributed by atoms with E-state index in [4.69, 9.17) is 0 Å². The van der Waals surface area contributed by atoms with Crippen LogP contribution in [0.3, 0.4) is 0 Å². The second kappa shape index (κ2) is 16.3. The molecule has 0 aliphatic carbocycles. The summed E-state index contributed by atoms with van der Waals surface area (Å²) in [6.07, 6.45) is 0. The Hall–Kier alpha value is -8.52. The number of hydrogen-bond acceptors (Lipinski definition) is 1. The van der Waals surface area contributed by atoms with Crippen molar-refractivity contribution in [2.24, 2.45) is 0 Å². The number of benzene rings is 12. The first-order valence-corrected chi connectivity index (χ1v) is 22.4. The average Bonchev–Trinajstić information content (AvgIpc) is 3.39. The van der Waals surface area contributed by atoms with Crippen LogP contribution in [0.1, 0.15) is 0 Å². The van der Waals surface area contributed by atoms with Crippen LogP contribution in [0.2, 0.25) is 0 Å². The number of rotatable bonds is 8. The van der Waals surface area contributed by atoms with Gasteiger partial charge in [0.15, 0.2) is 0 Å². The van der Waals surface area contributed by atoms with E-state index in [1.54, 1.807) is 0 Å². The Bertz CT molecular complexity index is 3670. The standard InChI is InChI=1S/C64H43N/c1-4-14-44(15-5-1)52-30-31-55-42-57(37-34-54(55)41-52)65(56-35-32-47(33-36-56)46-24-26-48(27-25-46)53-29-28-45-16-10-11-21-51(45)40-53)58-38-39-60-59-22-12-13-23-61(59)63(49-17-6-2-7-18-49)64(62(60)43-58)50-19-8-3-9-20-50/h1-43H. The van der Waals surface area contributed by atoms with E-state index in [1.165, 1.54) is 98.7 Å². The van der Waals surface area contributed by atoms with Gasteiger partial charge in [-0.2, -0.15) is 0 Å². The number of fused-ring (bicyclic) bond motifs is 5. The summed E-state index contributed by atoms with van der Waals surface area (Å²) < 4.78 is 0. The Morgan fingerprint density at radius 1 is 0.185 bits per heavy atom. The highest BCUT2D eigenvalue weighted by Crippen LogP contribution is 2.47. The maximum atomic E-state index is 2.42. The van der Waals surface area contributed by atoms with E-state index in [0.29, 0.717) is 0 Å². The zero-order chi connectivity index (χ0) is 43.1. The predicted octanol–water partition coefficient (Wildman–Crippen LogP) is 18.1. The molecule has 1 nitrogen and oxygen atoms in total. The quantitative estimate of drug-likeness (QED) is 0.138. The molecule has 12 aromatic carbocycles.